The monoisotopic (exact) mass is 408 g/mol. The van der Waals surface area contributed by atoms with E-state index in [1.807, 2.05) is 62.4 Å². The van der Waals surface area contributed by atoms with E-state index in [1.54, 1.807) is 24.3 Å². The normalized spacial score (nSPS) is 11.1. The first-order valence-corrected chi connectivity index (χ1v) is 11.1. The molecule has 6 heteroatoms. The summed E-state index contributed by atoms with van der Waals surface area (Å²) < 4.78 is 26.4. The number of para-hydroxylation sites is 1. The molecule has 0 aromatic heterocycles. The summed E-state index contributed by atoms with van der Waals surface area (Å²) in [5, 5.41) is 2.92. The molecule has 0 spiro atoms. The molecule has 0 fully saturated rings. The molecule has 29 heavy (non-hydrogen) atoms. The van der Waals surface area contributed by atoms with Crippen LogP contribution in [-0.4, -0.2) is 20.6 Å². The third kappa shape index (κ3) is 5.03. The van der Waals surface area contributed by atoms with Crippen molar-refractivity contribution in [1.82, 2.24) is 0 Å². The molecule has 3 aromatic carbocycles. The summed E-state index contributed by atoms with van der Waals surface area (Å²) in [6.07, 6.45) is 1.15. The molecule has 1 amide bonds. The number of rotatable bonds is 6. The SMILES string of the molecule is Cc1ccc(C)c(NC(=O)c2ccccc2N(Cc2ccccc2)S(C)(=O)=O)c1. The molecule has 1 N–H and O–H groups in total. The van der Waals surface area contributed by atoms with Gasteiger partial charge in [0.05, 0.1) is 24.1 Å². The van der Waals surface area contributed by atoms with Crippen molar-refractivity contribution in [2.24, 2.45) is 0 Å². The van der Waals surface area contributed by atoms with Gasteiger partial charge in [-0.1, -0.05) is 54.6 Å². The van der Waals surface area contributed by atoms with E-state index in [0.717, 1.165) is 22.9 Å². The van der Waals surface area contributed by atoms with Crippen LogP contribution in [0.3, 0.4) is 0 Å². The number of hydrogen-bond donors (Lipinski definition) is 1. The minimum absolute atomic E-state index is 0.146. The van der Waals surface area contributed by atoms with E-state index in [2.05, 4.69) is 5.32 Å². The fourth-order valence-corrected chi connectivity index (χ4v) is 3.97. The highest BCUT2D eigenvalue weighted by molar-refractivity contribution is 7.92. The number of carbonyl (C=O) groups excluding carboxylic acids is 1. The highest BCUT2D eigenvalue weighted by Crippen LogP contribution is 2.27. The molecule has 0 unspecified atom stereocenters. The number of benzene rings is 3. The van der Waals surface area contributed by atoms with Crippen molar-refractivity contribution in [2.45, 2.75) is 20.4 Å². The first-order valence-electron chi connectivity index (χ1n) is 9.25. The van der Waals surface area contributed by atoms with E-state index in [0.29, 0.717) is 16.9 Å². The third-order valence-corrected chi connectivity index (χ3v) is 5.75. The van der Waals surface area contributed by atoms with Crippen LogP contribution in [0.4, 0.5) is 11.4 Å². The number of amides is 1. The molecule has 0 heterocycles. The van der Waals surface area contributed by atoms with Crippen LogP contribution in [0.2, 0.25) is 0 Å². The molecule has 5 nitrogen and oxygen atoms in total. The summed E-state index contributed by atoms with van der Waals surface area (Å²) >= 11 is 0. The molecular weight excluding hydrogens is 384 g/mol. The maximum Gasteiger partial charge on any atom is 0.257 e. The number of anilines is 2. The van der Waals surface area contributed by atoms with E-state index < -0.39 is 10.0 Å². The van der Waals surface area contributed by atoms with Crippen molar-refractivity contribution in [3.63, 3.8) is 0 Å². The van der Waals surface area contributed by atoms with Crippen LogP contribution in [0.25, 0.3) is 0 Å². The van der Waals surface area contributed by atoms with Gasteiger partial charge >= 0.3 is 0 Å². The summed E-state index contributed by atoms with van der Waals surface area (Å²) in [7, 11) is -3.61. The lowest BCUT2D eigenvalue weighted by molar-refractivity contribution is 0.102. The Morgan fingerprint density at radius 2 is 1.59 bits per heavy atom. The molecule has 3 rings (SSSR count). The van der Waals surface area contributed by atoms with Gasteiger partial charge in [-0.2, -0.15) is 0 Å². The Bertz CT molecular complexity index is 1130. The zero-order chi connectivity index (χ0) is 21.0. The summed E-state index contributed by atoms with van der Waals surface area (Å²) in [6, 6.07) is 21.9. The van der Waals surface area contributed by atoms with E-state index in [4.69, 9.17) is 0 Å². The van der Waals surface area contributed by atoms with E-state index >= 15 is 0 Å². The predicted molar refractivity (Wildman–Crippen MR) is 118 cm³/mol. The van der Waals surface area contributed by atoms with E-state index in [9.17, 15) is 13.2 Å². The van der Waals surface area contributed by atoms with Crippen molar-refractivity contribution < 1.29 is 13.2 Å². The molecule has 0 atom stereocenters. The molecule has 0 aliphatic heterocycles. The molecule has 0 saturated carbocycles. The highest BCUT2D eigenvalue weighted by atomic mass is 32.2. The van der Waals surface area contributed by atoms with Gasteiger partial charge in [0.1, 0.15) is 0 Å². The third-order valence-electron chi connectivity index (χ3n) is 4.63. The fraction of sp³-hybridized carbons (Fsp3) is 0.174. The van der Waals surface area contributed by atoms with Gasteiger partial charge in [0.2, 0.25) is 10.0 Å². The average Bonchev–Trinajstić information content (AvgIpc) is 2.69. The quantitative estimate of drug-likeness (QED) is 0.652. The summed E-state index contributed by atoms with van der Waals surface area (Å²) in [4.78, 5) is 13.0. The lowest BCUT2D eigenvalue weighted by Gasteiger charge is -2.25. The number of nitrogens with zero attached hydrogens (tertiary/aromatic N) is 1. The molecule has 0 aliphatic rings. The second-order valence-electron chi connectivity index (χ2n) is 7.04. The maximum absolute atomic E-state index is 13.0. The van der Waals surface area contributed by atoms with Crippen LogP contribution in [-0.2, 0) is 16.6 Å². The number of hydrogen-bond acceptors (Lipinski definition) is 3. The second kappa shape index (κ2) is 8.49. The lowest BCUT2D eigenvalue weighted by Crippen LogP contribution is -2.31. The van der Waals surface area contributed by atoms with Crippen LogP contribution >= 0.6 is 0 Å². The van der Waals surface area contributed by atoms with Crippen LogP contribution in [0.15, 0.2) is 72.8 Å². The maximum atomic E-state index is 13.0. The highest BCUT2D eigenvalue weighted by Gasteiger charge is 2.23. The molecule has 3 aromatic rings. The van der Waals surface area contributed by atoms with Gasteiger partial charge in [0, 0.05) is 5.69 Å². The van der Waals surface area contributed by atoms with Crippen molar-refractivity contribution in [3.05, 3.63) is 95.1 Å². The van der Waals surface area contributed by atoms with Crippen LogP contribution in [0.5, 0.6) is 0 Å². The fourth-order valence-electron chi connectivity index (χ4n) is 3.07. The number of sulfonamides is 1. The molecule has 0 aliphatic carbocycles. The Hall–Kier alpha value is -3.12. The lowest BCUT2D eigenvalue weighted by atomic mass is 10.1. The number of nitrogens with one attached hydrogen (secondary N) is 1. The summed E-state index contributed by atoms with van der Waals surface area (Å²) in [5.41, 5.74) is 4.16. The molecular formula is C23H24N2O3S. The van der Waals surface area contributed by atoms with Crippen molar-refractivity contribution in [3.8, 4) is 0 Å². The van der Waals surface area contributed by atoms with Gasteiger partial charge in [0.25, 0.3) is 5.91 Å². The summed E-state index contributed by atoms with van der Waals surface area (Å²) in [5.74, 6) is -0.351. The first-order chi connectivity index (χ1) is 13.8. The topological polar surface area (TPSA) is 66.5 Å². The van der Waals surface area contributed by atoms with Crippen molar-refractivity contribution in [1.29, 1.82) is 0 Å². The van der Waals surface area contributed by atoms with E-state index in [1.165, 1.54) is 4.31 Å². The minimum Gasteiger partial charge on any atom is -0.322 e. The van der Waals surface area contributed by atoms with Crippen molar-refractivity contribution >= 4 is 27.3 Å². The number of aryl methyl sites for hydroxylation is 2. The number of carbonyl (C=O) groups is 1. The summed E-state index contributed by atoms with van der Waals surface area (Å²) in [6.45, 7) is 4.01. The van der Waals surface area contributed by atoms with E-state index in [-0.39, 0.29) is 12.5 Å². The zero-order valence-corrected chi connectivity index (χ0v) is 17.5. The van der Waals surface area contributed by atoms with Crippen molar-refractivity contribution in [2.75, 3.05) is 15.9 Å². The van der Waals surface area contributed by atoms with Crippen LogP contribution in [0, 0.1) is 13.8 Å². The molecule has 0 saturated heterocycles. The molecule has 150 valence electrons. The average molecular weight is 409 g/mol. The minimum atomic E-state index is -3.61. The van der Waals surface area contributed by atoms with Gasteiger partial charge in [0.15, 0.2) is 0 Å². The van der Waals surface area contributed by atoms with Crippen LogP contribution < -0.4 is 9.62 Å². The van der Waals surface area contributed by atoms with Gasteiger partial charge in [-0.15, -0.1) is 0 Å². The largest absolute Gasteiger partial charge is 0.322 e. The Labute approximate surface area is 172 Å². The Morgan fingerprint density at radius 1 is 0.931 bits per heavy atom. The first kappa shape index (κ1) is 20.6. The zero-order valence-electron chi connectivity index (χ0n) is 16.7. The van der Waals surface area contributed by atoms with Gasteiger partial charge in [-0.25, -0.2) is 8.42 Å². The smallest absolute Gasteiger partial charge is 0.257 e. The standard InChI is InChI=1S/C23H24N2O3S/c1-17-13-14-18(2)21(15-17)24-23(26)20-11-7-8-12-22(20)25(29(3,27)28)16-19-9-5-4-6-10-19/h4-15H,16H2,1-3H3,(H,24,26). The van der Waals surface area contributed by atoms with Gasteiger partial charge < -0.3 is 5.32 Å². The van der Waals surface area contributed by atoms with Gasteiger partial charge in [-0.05, 0) is 48.7 Å². The Balaban J connectivity index is 1.99. The Morgan fingerprint density at radius 3 is 2.28 bits per heavy atom. The molecule has 0 radical (unpaired) electrons. The second-order valence-corrected chi connectivity index (χ2v) is 8.95. The van der Waals surface area contributed by atoms with Gasteiger partial charge in [-0.3, -0.25) is 9.10 Å². The molecule has 0 bridgehead atoms. The van der Waals surface area contributed by atoms with Crippen LogP contribution in [0.1, 0.15) is 27.0 Å². The predicted octanol–water partition coefficient (Wildman–Crippen LogP) is 4.52. The Kier molecular flexibility index (Phi) is 6.03.